The van der Waals surface area contributed by atoms with Crippen LogP contribution in [0.5, 0.6) is 0 Å². The van der Waals surface area contributed by atoms with E-state index in [1.807, 2.05) is 14.1 Å². The topological polar surface area (TPSA) is 6.48 Å². The third kappa shape index (κ3) is 3.60. The summed E-state index contributed by atoms with van der Waals surface area (Å²) in [6.07, 6.45) is 0. The lowest BCUT2D eigenvalue weighted by Gasteiger charge is -2.43. The Balaban J connectivity index is 2.46. The van der Waals surface area contributed by atoms with Gasteiger partial charge in [0.1, 0.15) is 0 Å². The molecule has 0 saturated carbocycles. The number of benzene rings is 3. The predicted molar refractivity (Wildman–Crippen MR) is 125 cm³/mol. The molecule has 0 aromatic heterocycles. The molecule has 4 heteroatoms. The van der Waals surface area contributed by atoms with Crippen molar-refractivity contribution in [2.45, 2.75) is 5.54 Å². The van der Waals surface area contributed by atoms with Gasteiger partial charge in [0, 0.05) is 23.2 Å². The SMILES string of the molecule is CN(C)c1cc(I)cc(C(c2ccccc2)(c2ccccc2)N(C)C)c1Cl. The number of halogens is 2. The van der Waals surface area contributed by atoms with Gasteiger partial charge in [-0.1, -0.05) is 72.3 Å². The second-order valence-electron chi connectivity index (χ2n) is 7.02. The van der Waals surface area contributed by atoms with E-state index in [0.717, 1.165) is 19.8 Å². The summed E-state index contributed by atoms with van der Waals surface area (Å²) in [7, 11) is 8.30. The van der Waals surface area contributed by atoms with Crippen LogP contribution in [-0.2, 0) is 5.54 Å². The van der Waals surface area contributed by atoms with Crippen molar-refractivity contribution in [3.05, 3.63) is 98.1 Å². The molecule has 140 valence electrons. The summed E-state index contributed by atoms with van der Waals surface area (Å²) in [5.41, 5.74) is 3.99. The van der Waals surface area contributed by atoms with Gasteiger partial charge in [0.05, 0.1) is 16.2 Å². The van der Waals surface area contributed by atoms with E-state index >= 15 is 0 Å². The average molecular weight is 491 g/mol. The fraction of sp³-hybridized carbons (Fsp3) is 0.217. The molecule has 3 aromatic rings. The van der Waals surface area contributed by atoms with Crippen LogP contribution < -0.4 is 4.90 Å². The smallest absolute Gasteiger partial charge is 0.0983 e. The van der Waals surface area contributed by atoms with Crippen LogP contribution >= 0.6 is 34.2 Å². The Morgan fingerprint density at radius 2 is 1.26 bits per heavy atom. The second-order valence-corrected chi connectivity index (χ2v) is 8.64. The molecule has 2 nitrogen and oxygen atoms in total. The van der Waals surface area contributed by atoms with Gasteiger partial charge in [0.25, 0.3) is 0 Å². The van der Waals surface area contributed by atoms with E-state index in [9.17, 15) is 0 Å². The molecule has 0 saturated heterocycles. The molecular formula is C23H24ClIN2. The Bertz CT molecular complexity index is 869. The molecule has 0 amide bonds. The molecule has 27 heavy (non-hydrogen) atoms. The van der Waals surface area contributed by atoms with Crippen LogP contribution in [0.1, 0.15) is 16.7 Å². The fourth-order valence-corrected chi connectivity index (χ4v) is 4.78. The lowest BCUT2D eigenvalue weighted by Crippen LogP contribution is -2.44. The Kier molecular flexibility index (Phi) is 6.14. The Morgan fingerprint density at radius 3 is 1.67 bits per heavy atom. The van der Waals surface area contributed by atoms with Crippen molar-refractivity contribution in [1.82, 2.24) is 4.90 Å². The van der Waals surface area contributed by atoms with Gasteiger partial charge in [0.15, 0.2) is 0 Å². The number of nitrogens with zero attached hydrogens (tertiary/aromatic N) is 2. The standard InChI is InChI=1S/C23H24ClIN2/c1-26(2)21-16-19(25)15-20(22(21)24)23(27(3)4,17-11-7-5-8-12-17)18-13-9-6-10-14-18/h5-16H,1-4H3. The molecule has 0 aliphatic carbocycles. The zero-order valence-electron chi connectivity index (χ0n) is 16.1. The first-order valence-corrected chi connectivity index (χ1v) is 10.3. The zero-order chi connectivity index (χ0) is 19.6. The molecule has 0 N–H and O–H groups in total. The normalized spacial score (nSPS) is 11.7. The molecule has 0 aliphatic heterocycles. The maximum atomic E-state index is 7.03. The third-order valence-electron chi connectivity index (χ3n) is 4.94. The van der Waals surface area contributed by atoms with Gasteiger partial charge < -0.3 is 4.90 Å². The largest absolute Gasteiger partial charge is 0.376 e. The van der Waals surface area contributed by atoms with Crippen LogP contribution in [0.2, 0.25) is 5.02 Å². The summed E-state index contributed by atoms with van der Waals surface area (Å²) in [5.74, 6) is 0. The van der Waals surface area contributed by atoms with Crippen LogP contribution in [-0.4, -0.2) is 33.1 Å². The lowest BCUT2D eigenvalue weighted by molar-refractivity contribution is 0.247. The van der Waals surface area contributed by atoms with Crippen molar-refractivity contribution >= 4 is 39.9 Å². The highest BCUT2D eigenvalue weighted by atomic mass is 127. The summed E-state index contributed by atoms with van der Waals surface area (Å²) < 4.78 is 1.16. The highest BCUT2D eigenvalue weighted by Gasteiger charge is 2.41. The van der Waals surface area contributed by atoms with E-state index in [0.29, 0.717) is 0 Å². The summed E-state index contributed by atoms with van der Waals surface area (Å²) in [4.78, 5) is 4.33. The Labute approximate surface area is 180 Å². The van der Waals surface area contributed by atoms with E-state index in [2.05, 4.69) is 119 Å². The molecule has 0 unspecified atom stereocenters. The van der Waals surface area contributed by atoms with E-state index in [-0.39, 0.29) is 0 Å². The van der Waals surface area contributed by atoms with Crippen LogP contribution in [0.15, 0.2) is 72.8 Å². The van der Waals surface area contributed by atoms with Crippen molar-refractivity contribution in [2.24, 2.45) is 0 Å². The minimum absolute atomic E-state index is 0.494. The number of hydrogen-bond acceptors (Lipinski definition) is 2. The zero-order valence-corrected chi connectivity index (χ0v) is 19.0. The van der Waals surface area contributed by atoms with E-state index in [4.69, 9.17) is 11.6 Å². The molecule has 0 bridgehead atoms. The third-order valence-corrected chi connectivity index (χ3v) is 5.96. The second kappa shape index (κ2) is 8.21. The summed E-state index contributed by atoms with van der Waals surface area (Å²) in [6.45, 7) is 0. The van der Waals surface area contributed by atoms with E-state index < -0.39 is 5.54 Å². The quantitative estimate of drug-likeness (QED) is 0.326. The number of hydrogen-bond donors (Lipinski definition) is 0. The number of anilines is 1. The fourth-order valence-electron chi connectivity index (χ4n) is 3.76. The van der Waals surface area contributed by atoms with Crippen molar-refractivity contribution in [1.29, 1.82) is 0 Å². The van der Waals surface area contributed by atoms with Gasteiger partial charge in [-0.05, 0) is 59.9 Å². The van der Waals surface area contributed by atoms with Crippen molar-refractivity contribution in [3.8, 4) is 0 Å². The monoisotopic (exact) mass is 490 g/mol. The van der Waals surface area contributed by atoms with Gasteiger partial charge in [0.2, 0.25) is 0 Å². The van der Waals surface area contributed by atoms with Gasteiger partial charge in [-0.15, -0.1) is 0 Å². The van der Waals surface area contributed by atoms with Gasteiger partial charge in [-0.3, -0.25) is 4.90 Å². The van der Waals surface area contributed by atoms with E-state index in [1.165, 1.54) is 11.1 Å². The van der Waals surface area contributed by atoms with Crippen molar-refractivity contribution in [2.75, 3.05) is 33.1 Å². The van der Waals surface area contributed by atoms with E-state index in [1.54, 1.807) is 0 Å². The molecule has 0 atom stereocenters. The van der Waals surface area contributed by atoms with Crippen LogP contribution in [0.4, 0.5) is 5.69 Å². The van der Waals surface area contributed by atoms with Gasteiger partial charge in [-0.2, -0.15) is 0 Å². The molecule has 0 fully saturated rings. The first-order chi connectivity index (χ1) is 12.9. The van der Waals surface area contributed by atoms with Crippen molar-refractivity contribution < 1.29 is 0 Å². The first-order valence-electron chi connectivity index (χ1n) is 8.84. The first kappa shape index (κ1) is 20.2. The predicted octanol–water partition coefficient (Wildman–Crippen LogP) is 5.86. The molecule has 0 heterocycles. The van der Waals surface area contributed by atoms with Crippen LogP contribution in [0, 0.1) is 3.57 Å². The van der Waals surface area contributed by atoms with Crippen LogP contribution in [0.3, 0.4) is 0 Å². The summed E-state index contributed by atoms with van der Waals surface area (Å²) in [6, 6.07) is 25.5. The Morgan fingerprint density at radius 1 is 0.778 bits per heavy atom. The van der Waals surface area contributed by atoms with Gasteiger partial charge in [-0.25, -0.2) is 0 Å². The van der Waals surface area contributed by atoms with Gasteiger partial charge >= 0.3 is 0 Å². The average Bonchev–Trinajstić information content (AvgIpc) is 2.66. The maximum Gasteiger partial charge on any atom is 0.0983 e. The van der Waals surface area contributed by atoms with Crippen LogP contribution in [0.25, 0.3) is 0 Å². The summed E-state index contributed by atoms with van der Waals surface area (Å²) in [5, 5.41) is 0.779. The molecule has 0 radical (unpaired) electrons. The molecule has 3 aromatic carbocycles. The molecule has 0 aliphatic rings. The molecule has 0 spiro atoms. The van der Waals surface area contributed by atoms with Crippen molar-refractivity contribution in [3.63, 3.8) is 0 Å². The minimum Gasteiger partial charge on any atom is -0.376 e. The highest BCUT2D eigenvalue weighted by Crippen LogP contribution is 2.46. The Hall–Kier alpha value is -1.56. The summed E-state index contributed by atoms with van der Waals surface area (Å²) >= 11 is 9.41. The molecular weight excluding hydrogens is 467 g/mol. The lowest BCUT2D eigenvalue weighted by atomic mass is 9.76. The number of rotatable bonds is 5. The minimum atomic E-state index is -0.494. The maximum absolute atomic E-state index is 7.03. The molecule has 3 rings (SSSR count). The highest BCUT2D eigenvalue weighted by molar-refractivity contribution is 14.1.